The van der Waals surface area contributed by atoms with E-state index in [-0.39, 0.29) is 6.61 Å². The molecule has 1 aromatic rings. The van der Waals surface area contributed by atoms with Gasteiger partial charge in [0.05, 0.1) is 18.5 Å². The molecule has 6 heteroatoms. The number of pyridine rings is 1. The Morgan fingerprint density at radius 2 is 2.35 bits per heavy atom. The monoisotopic (exact) mass is 239 g/mol. The van der Waals surface area contributed by atoms with Crippen LogP contribution < -0.4 is 15.8 Å². The second-order valence-corrected chi connectivity index (χ2v) is 3.41. The third-order valence-electron chi connectivity index (χ3n) is 1.97. The van der Waals surface area contributed by atoms with E-state index in [2.05, 4.69) is 10.3 Å². The standard InChI is InChI=1S/C11H17N3O3/c1-16-5-4-13-6-9-2-3-10(7-14-9)17-8-11(12)15/h2-3,7,13H,4-6,8H2,1H3,(H2,12,15). The molecular formula is C11H17N3O3. The maximum absolute atomic E-state index is 10.5. The Morgan fingerprint density at radius 1 is 1.53 bits per heavy atom. The number of nitrogens with two attached hydrogens (primary N) is 1. The predicted octanol–water partition coefficient (Wildman–Crippen LogP) is -0.318. The summed E-state index contributed by atoms with van der Waals surface area (Å²) < 4.78 is 9.99. The average Bonchev–Trinajstić information content (AvgIpc) is 2.33. The van der Waals surface area contributed by atoms with Crippen molar-refractivity contribution >= 4 is 5.91 Å². The van der Waals surface area contributed by atoms with Crippen molar-refractivity contribution in [3.63, 3.8) is 0 Å². The van der Waals surface area contributed by atoms with Gasteiger partial charge in [-0.15, -0.1) is 0 Å². The number of primary amides is 1. The Hall–Kier alpha value is -1.66. The Morgan fingerprint density at radius 3 is 2.94 bits per heavy atom. The molecule has 0 unspecified atom stereocenters. The minimum absolute atomic E-state index is 0.132. The predicted molar refractivity (Wildman–Crippen MR) is 62.5 cm³/mol. The van der Waals surface area contributed by atoms with Gasteiger partial charge in [-0.1, -0.05) is 0 Å². The van der Waals surface area contributed by atoms with Crippen molar-refractivity contribution in [2.24, 2.45) is 5.73 Å². The van der Waals surface area contributed by atoms with Crippen LogP contribution in [0.4, 0.5) is 0 Å². The largest absolute Gasteiger partial charge is 0.482 e. The number of methoxy groups -OCH3 is 1. The molecule has 0 radical (unpaired) electrons. The smallest absolute Gasteiger partial charge is 0.255 e. The van der Waals surface area contributed by atoms with E-state index >= 15 is 0 Å². The number of carbonyl (C=O) groups excluding carboxylic acids is 1. The molecule has 0 saturated carbocycles. The van der Waals surface area contributed by atoms with Gasteiger partial charge in [0, 0.05) is 20.2 Å². The molecule has 0 saturated heterocycles. The summed E-state index contributed by atoms with van der Waals surface area (Å²) in [5.74, 6) is 0.0275. The van der Waals surface area contributed by atoms with Gasteiger partial charge < -0.3 is 20.5 Å². The summed E-state index contributed by atoms with van der Waals surface area (Å²) >= 11 is 0. The molecule has 17 heavy (non-hydrogen) atoms. The third-order valence-corrected chi connectivity index (χ3v) is 1.97. The molecule has 0 aliphatic carbocycles. The van der Waals surface area contributed by atoms with Crippen molar-refractivity contribution in [3.05, 3.63) is 24.0 Å². The maximum atomic E-state index is 10.5. The molecule has 0 bridgehead atoms. The zero-order chi connectivity index (χ0) is 12.5. The zero-order valence-corrected chi connectivity index (χ0v) is 9.81. The van der Waals surface area contributed by atoms with E-state index in [0.29, 0.717) is 18.9 Å². The lowest BCUT2D eigenvalue weighted by molar-refractivity contribution is -0.119. The van der Waals surface area contributed by atoms with Crippen LogP contribution in [-0.2, 0) is 16.1 Å². The molecule has 3 N–H and O–H groups in total. The number of aromatic nitrogens is 1. The summed E-state index contributed by atoms with van der Waals surface area (Å²) in [7, 11) is 1.66. The van der Waals surface area contributed by atoms with Crippen LogP contribution in [0.1, 0.15) is 5.69 Å². The molecule has 0 atom stereocenters. The topological polar surface area (TPSA) is 86.5 Å². The molecule has 0 aliphatic heterocycles. The van der Waals surface area contributed by atoms with Crippen LogP contribution in [-0.4, -0.2) is 37.8 Å². The highest BCUT2D eigenvalue weighted by Gasteiger charge is 1.99. The zero-order valence-electron chi connectivity index (χ0n) is 9.81. The number of rotatable bonds is 8. The Bertz CT molecular complexity index is 340. The van der Waals surface area contributed by atoms with Crippen molar-refractivity contribution in [1.82, 2.24) is 10.3 Å². The quantitative estimate of drug-likeness (QED) is 0.607. The number of nitrogens with one attached hydrogen (secondary N) is 1. The Kier molecular flexibility index (Phi) is 5.98. The molecule has 1 amide bonds. The lowest BCUT2D eigenvalue weighted by Crippen LogP contribution is -2.20. The van der Waals surface area contributed by atoms with Crippen LogP contribution in [0.5, 0.6) is 5.75 Å². The highest BCUT2D eigenvalue weighted by molar-refractivity contribution is 5.75. The van der Waals surface area contributed by atoms with Crippen molar-refractivity contribution in [2.45, 2.75) is 6.54 Å². The van der Waals surface area contributed by atoms with Crippen LogP contribution in [0.3, 0.4) is 0 Å². The highest BCUT2D eigenvalue weighted by atomic mass is 16.5. The third kappa shape index (κ3) is 5.84. The van der Waals surface area contributed by atoms with Gasteiger partial charge in [-0.05, 0) is 12.1 Å². The summed E-state index contributed by atoms with van der Waals surface area (Å²) in [4.78, 5) is 14.7. The van der Waals surface area contributed by atoms with E-state index < -0.39 is 5.91 Å². The number of hydrogen-bond donors (Lipinski definition) is 2. The van der Waals surface area contributed by atoms with Crippen LogP contribution >= 0.6 is 0 Å². The second kappa shape index (κ2) is 7.59. The van der Waals surface area contributed by atoms with E-state index in [1.807, 2.05) is 6.07 Å². The van der Waals surface area contributed by atoms with Gasteiger partial charge in [0.2, 0.25) is 0 Å². The Balaban J connectivity index is 2.31. The van der Waals surface area contributed by atoms with Crippen molar-refractivity contribution in [1.29, 1.82) is 0 Å². The fourth-order valence-corrected chi connectivity index (χ4v) is 1.15. The first kappa shape index (κ1) is 13.4. The number of nitrogens with zero attached hydrogens (tertiary/aromatic N) is 1. The molecule has 6 nitrogen and oxygen atoms in total. The normalized spacial score (nSPS) is 10.2. The van der Waals surface area contributed by atoms with E-state index in [9.17, 15) is 4.79 Å². The molecule has 0 aromatic carbocycles. The summed E-state index contributed by atoms with van der Waals surface area (Å²) in [6.45, 7) is 1.98. The summed E-state index contributed by atoms with van der Waals surface area (Å²) in [6, 6.07) is 3.58. The van der Waals surface area contributed by atoms with Crippen molar-refractivity contribution < 1.29 is 14.3 Å². The van der Waals surface area contributed by atoms with E-state index in [0.717, 1.165) is 12.2 Å². The first-order chi connectivity index (χ1) is 8.22. The number of amides is 1. The van der Waals surface area contributed by atoms with Gasteiger partial charge in [0.25, 0.3) is 5.91 Å². The fraction of sp³-hybridized carbons (Fsp3) is 0.455. The minimum atomic E-state index is -0.504. The van der Waals surface area contributed by atoms with E-state index in [4.69, 9.17) is 15.2 Å². The number of carbonyl (C=O) groups is 1. The van der Waals surface area contributed by atoms with Gasteiger partial charge in [0.1, 0.15) is 5.75 Å². The number of hydrogen-bond acceptors (Lipinski definition) is 5. The molecule has 1 aromatic heterocycles. The lowest BCUT2D eigenvalue weighted by atomic mass is 10.3. The van der Waals surface area contributed by atoms with Crippen LogP contribution in [0.25, 0.3) is 0 Å². The maximum Gasteiger partial charge on any atom is 0.255 e. The van der Waals surface area contributed by atoms with Gasteiger partial charge in [-0.2, -0.15) is 0 Å². The van der Waals surface area contributed by atoms with Crippen molar-refractivity contribution in [3.8, 4) is 5.75 Å². The van der Waals surface area contributed by atoms with Gasteiger partial charge >= 0.3 is 0 Å². The molecule has 0 spiro atoms. The van der Waals surface area contributed by atoms with Gasteiger partial charge in [-0.25, -0.2) is 0 Å². The molecule has 1 heterocycles. The van der Waals surface area contributed by atoms with Crippen LogP contribution in [0.15, 0.2) is 18.3 Å². The Labute approximate surface area is 100 Å². The van der Waals surface area contributed by atoms with Gasteiger partial charge in [0.15, 0.2) is 6.61 Å². The molecule has 94 valence electrons. The highest BCUT2D eigenvalue weighted by Crippen LogP contribution is 2.08. The SMILES string of the molecule is COCCNCc1ccc(OCC(N)=O)cn1. The number of ether oxygens (including phenoxy) is 2. The van der Waals surface area contributed by atoms with E-state index in [1.54, 1.807) is 19.4 Å². The molecule has 0 fully saturated rings. The van der Waals surface area contributed by atoms with Crippen LogP contribution in [0.2, 0.25) is 0 Å². The van der Waals surface area contributed by atoms with E-state index in [1.165, 1.54) is 0 Å². The van der Waals surface area contributed by atoms with Crippen molar-refractivity contribution in [2.75, 3.05) is 26.9 Å². The lowest BCUT2D eigenvalue weighted by Gasteiger charge is -2.05. The van der Waals surface area contributed by atoms with Crippen LogP contribution in [0, 0.1) is 0 Å². The second-order valence-electron chi connectivity index (χ2n) is 3.41. The first-order valence-electron chi connectivity index (χ1n) is 5.28. The molecule has 0 aliphatic rings. The minimum Gasteiger partial charge on any atom is -0.482 e. The average molecular weight is 239 g/mol. The summed E-state index contributed by atoms with van der Waals surface area (Å²) in [6.07, 6.45) is 1.57. The molecular weight excluding hydrogens is 222 g/mol. The fourth-order valence-electron chi connectivity index (χ4n) is 1.15. The summed E-state index contributed by atoms with van der Waals surface area (Å²) in [5.41, 5.74) is 5.85. The van der Waals surface area contributed by atoms with Gasteiger partial charge in [-0.3, -0.25) is 9.78 Å². The summed E-state index contributed by atoms with van der Waals surface area (Å²) in [5, 5.41) is 3.17. The first-order valence-corrected chi connectivity index (χ1v) is 5.28. The molecule has 1 rings (SSSR count).